The van der Waals surface area contributed by atoms with E-state index < -0.39 is 0 Å². The molecule has 1 amide bonds. The van der Waals surface area contributed by atoms with Gasteiger partial charge in [-0.2, -0.15) is 5.10 Å². The molecule has 0 saturated carbocycles. The van der Waals surface area contributed by atoms with Crippen LogP contribution in [-0.4, -0.2) is 31.7 Å². The largest absolute Gasteiger partial charge is 0.331 e. The molecular formula is C18H24N4O2. The van der Waals surface area contributed by atoms with Crippen molar-refractivity contribution in [2.45, 2.75) is 39.7 Å². The van der Waals surface area contributed by atoms with Crippen molar-refractivity contribution in [1.29, 1.82) is 0 Å². The van der Waals surface area contributed by atoms with Crippen molar-refractivity contribution in [3.05, 3.63) is 50.7 Å². The monoisotopic (exact) mass is 328 g/mol. The van der Waals surface area contributed by atoms with Crippen LogP contribution in [0.3, 0.4) is 0 Å². The Labute approximate surface area is 141 Å². The molecule has 3 rings (SSSR count). The van der Waals surface area contributed by atoms with Crippen LogP contribution in [0.5, 0.6) is 0 Å². The van der Waals surface area contributed by atoms with E-state index in [0.29, 0.717) is 6.54 Å². The van der Waals surface area contributed by atoms with Gasteiger partial charge >= 0.3 is 0 Å². The number of rotatable bonds is 2. The lowest BCUT2D eigenvalue weighted by molar-refractivity contribution is 0.0732. The van der Waals surface area contributed by atoms with Gasteiger partial charge in [-0.3, -0.25) is 14.3 Å². The summed E-state index contributed by atoms with van der Waals surface area (Å²) in [6, 6.07) is 3.47. The van der Waals surface area contributed by atoms with E-state index in [1.165, 1.54) is 4.57 Å². The van der Waals surface area contributed by atoms with Crippen molar-refractivity contribution in [2.75, 3.05) is 6.54 Å². The molecule has 2 aromatic heterocycles. The first-order chi connectivity index (χ1) is 11.3. The Balaban J connectivity index is 2.01. The molecule has 6 nitrogen and oxygen atoms in total. The fourth-order valence-electron chi connectivity index (χ4n) is 3.63. The number of carbonyl (C=O) groups is 1. The number of pyridine rings is 1. The van der Waals surface area contributed by atoms with Gasteiger partial charge in [0, 0.05) is 37.6 Å². The first-order valence-electron chi connectivity index (χ1n) is 8.30. The zero-order valence-electron chi connectivity index (χ0n) is 15.0. The Morgan fingerprint density at radius 1 is 1.21 bits per heavy atom. The second kappa shape index (κ2) is 5.92. The third-order valence-electron chi connectivity index (χ3n) is 5.20. The number of aryl methyl sites for hydroxylation is 3. The predicted octanol–water partition coefficient (Wildman–Crippen LogP) is 2.02. The van der Waals surface area contributed by atoms with Crippen LogP contribution in [0, 0.1) is 20.8 Å². The molecule has 1 atom stereocenters. The normalized spacial score (nSPS) is 17.5. The van der Waals surface area contributed by atoms with Crippen molar-refractivity contribution >= 4 is 5.91 Å². The third kappa shape index (κ3) is 2.46. The molecule has 1 unspecified atom stereocenters. The summed E-state index contributed by atoms with van der Waals surface area (Å²) in [5.41, 5.74) is 4.01. The Hall–Kier alpha value is -2.37. The highest BCUT2D eigenvalue weighted by Crippen LogP contribution is 2.36. The maximum absolute atomic E-state index is 13.0. The van der Waals surface area contributed by atoms with Gasteiger partial charge in [-0.25, -0.2) is 0 Å². The highest BCUT2D eigenvalue weighted by Gasteiger charge is 2.34. The molecule has 0 radical (unpaired) electrons. The number of nitrogens with zero attached hydrogens (tertiary/aromatic N) is 4. The summed E-state index contributed by atoms with van der Waals surface area (Å²) in [5, 5.41) is 4.48. The highest BCUT2D eigenvalue weighted by molar-refractivity contribution is 5.94. The van der Waals surface area contributed by atoms with E-state index in [4.69, 9.17) is 0 Å². The standard InChI is InChI=1S/C18H24N4O2/c1-11-8-9-14(17(23)20(11)4)18(24)22-10-6-7-15(22)16-12(2)19-21(5)13(16)3/h8-9,15H,6-7,10H2,1-5H3. The second-order valence-electron chi connectivity index (χ2n) is 6.62. The number of aromatic nitrogens is 3. The predicted molar refractivity (Wildman–Crippen MR) is 92.1 cm³/mol. The minimum absolute atomic E-state index is 0.00258. The van der Waals surface area contributed by atoms with Crippen LogP contribution in [-0.2, 0) is 14.1 Å². The van der Waals surface area contributed by atoms with Crippen LogP contribution in [0.15, 0.2) is 16.9 Å². The van der Waals surface area contributed by atoms with Gasteiger partial charge < -0.3 is 9.47 Å². The smallest absolute Gasteiger partial charge is 0.263 e. The molecule has 1 aliphatic rings. The third-order valence-corrected chi connectivity index (χ3v) is 5.20. The molecule has 0 bridgehead atoms. The van der Waals surface area contributed by atoms with Crippen LogP contribution in [0.1, 0.15) is 51.9 Å². The number of hydrogen-bond acceptors (Lipinski definition) is 3. The van der Waals surface area contributed by atoms with Gasteiger partial charge in [0.2, 0.25) is 0 Å². The Morgan fingerprint density at radius 2 is 1.92 bits per heavy atom. The van der Waals surface area contributed by atoms with Gasteiger partial charge in [-0.15, -0.1) is 0 Å². The van der Waals surface area contributed by atoms with Crippen LogP contribution in [0.2, 0.25) is 0 Å². The Morgan fingerprint density at radius 3 is 2.54 bits per heavy atom. The van der Waals surface area contributed by atoms with E-state index in [-0.39, 0.29) is 23.1 Å². The number of likely N-dealkylation sites (tertiary alicyclic amines) is 1. The van der Waals surface area contributed by atoms with Gasteiger partial charge in [0.15, 0.2) is 0 Å². The van der Waals surface area contributed by atoms with Crippen LogP contribution in [0.4, 0.5) is 0 Å². The molecule has 1 fully saturated rings. The lowest BCUT2D eigenvalue weighted by Gasteiger charge is -2.25. The first kappa shape index (κ1) is 16.5. The number of carbonyl (C=O) groups excluding carboxylic acids is 1. The molecule has 3 heterocycles. The Kier molecular flexibility index (Phi) is 4.07. The quantitative estimate of drug-likeness (QED) is 0.847. The van der Waals surface area contributed by atoms with Crippen molar-refractivity contribution in [3.8, 4) is 0 Å². The minimum Gasteiger partial charge on any atom is -0.331 e. The van der Waals surface area contributed by atoms with E-state index in [2.05, 4.69) is 5.10 Å². The topological polar surface area (TPSA) is 60.1 Å². The van der Waals surface area contributed by atoms with Gasteiger partial charge in [0.05, 0.1) is 11.7 Å². The molecule has 128 valence electrons. The van der Waals surface area contributed by atoms with Gasteiger partial charge in [0.1, 0.15) is 5.56 Å². The second-order valence-corrected chi connectivity index (χ2v) is 6.62. The van der Waals surface area contributed by atoms with Crippen LogP contribution >= 0.6 is 0 Å². The molecule has 1 saturated heterocycles. The summed E-state index contributed by atoms with van der Waals surface area (Å²) in [7, 11) is 3.62. The van der Waals surface area contributed by atoms with Gasteiger partial charge in [-0.05, 0) is 45.7 Å². The van der Waals surface area contributed by atoms with Gasteiger partial charge in [-0.1, -0.05) is 0 Å². The van der Waals surface area contributed by atoms with Crippen molar-refractivity contribution in [3.63, 3.8) is 0 Å². The van der Waals surface area contributed by atoms with E-state index in [9.17, 15) is 9.59 Å². The molecule has 0 aliphatic carbocycles. The van der Waals surface area contributed by atoms with Gasteiger partial charge in [0.25, 0.3) is 11.5 Å². The van der Waals surface area contributed by atoms with E-state index in [1.54, 1.807) is 13.1 Å². The molecule has 2 aromatic rings. The van der Waals surface area contributed by atoms with Crippen molar-refractivity contribution in [1.82, 2.24) is 19.2 Å². The summed E-state index contributed by atoms with van der Waals surface area (Å²) < 4.78 is 3.38. The van der Waals surface area contributed by atoms with Crippen LogP contribution in [0.25, 0.3) is 0 Å². The SMILES string of the molecule is Cc1nn(C)c(C)c1C1CCCN1C(=O)c1ccc(C)n(C)c1=O. The molecular weight excluding hydrogens is 304 g/mol. The summed E-state index contributed by atoms with van der Waals surface area (Å²) in [4.78, 5) is 27.3. The Bertz CT molecular complexity index is 863. The fourth-order valence-corrected chi connectivity index (χ4v) is 3.63. The summed E-state index contributed by atoms with van der Waals surface area (Å²) in [6.45, 7) is 6.54. The number of amides is 1. The maximum Gasteiger partial charge on any atom is 0.263 e. The summed E-state index contributed by atoms with van der Waals surface area (Å²) in [6.07, 6.45) is 1.85. The zero-order valence-corrected chi connectivity index (χ0v) is 15.0. The molecule has 0 aromatic carbocycles. The summed E-state index contributed by atoms with van der Waals surface area (Å²) in [5.74, 6) is -0.180. The van der Waals surface area contributed by atoms with E-state index in [1.807, 2.05) is 43.5 Å². The average molecular weight is 328 g/mol. The minimum atomic E-state index is -0.231. The van der Waals surface area contributed by atoms with E-state index >= 15 is 0 Å². The molecule has 0 N–H and O–H groups in total. The average Bonchev–Trinajstić information content (AvgIpc) is 3.10. The van der Waals surface area contributed by atoms with Crippen LogP contribution < -0.4 is 5.56 Å². The van der Waals surface area contributed by atoms with E-state index in [0.717, 1.165) is 35.5 Å². The van der Waals surface area contributed by atoms with Crippen molar-refractivity contribution in [2.24, 2.45) is 14.1 Å². The van der Waals surface area contributed by atoms with Crippen molar-refractivity contribution < 1.29 is 4.79 Å². The molecule has 6 heteroatoms. The zero-order chi connectivity index (χ0) is 17.6. The summed E-state index contributed by atoms with van der Waals surface area (Å²) >= 11 is 0. The molecule has 0 spiro atoms. The highest BCUT2D eigenvalue weighted by atomic mass is 16.2. The lowest BCUT2D eigenvalue weighted by atomic mass is 10.0. The first-order valence-corrected chi connectivity index (χ1v) is 8.30. The molecule has 1 aliphatic heterocycles. The number of hydrogen-bond donors (Lipinski definition) is 0. The molecule has 24 heavy (non-hydrogen) atoms. The maximum atomic E-state index is 13.0. The fraction of sp³-hybridized carbons (Fsp3) is 0.500. The lowest BCUT2D eigenvalue weighted by Crippen LogP contribution is -2.36.